The van der Waals surface area contributed by atoms with Gasteiger partial charge in [0.25, 0.3) is 0 Å². The van der Waals surface area contributed by atoms with Crippen LogP contribution in [0.15, 0.2) is 22.0 Å². The zero-order valence-electron chi connectivity index (χ0n) is 10.1. The van der Waals surface area contributed by atoms with Crippen molar-refractivity contribution >= 4 is 23.1 Å². The summed E-state index contributed by atoms with van der Waals surface area (Å²) in [5.41, 5.74) is 1.27. The fourth-order valence-corrected chi connectivity index (χ4v) is 2.93. The monoisotopic (exact) mass is 286 g/mol. The lowest BCUT2D eigenvalue weighted by molar-refractivity contribution is -0.113. The molecule has 18 heavy (non-hydrogen) atoms. The first-order valence-electron chi connectivity index (χ1n) is 5.29. The fourth-order valence-electron chi connectivity index (χ4n) is 1.32. The highest BCUT2D eigenvalue weighted by atomic mass is 32.2. The molecule has 2 aromatic rings. The molecule has 0 aliphatic carbocycles. The number of thioether (sulfide) groups is 1. The summed E-state index contributed by atoms with van der Waals surface area (Å²) in [5, 5.41) is 16.5. The first-order valence-corrected chi connectivity index (χ1v) is 7.22. The molecule has 6 nitrogen and oxygen atoms in total. The van der Waals surface area contributed by atoms with Gasteiger partial charge in [-0.25, -0.2) is 4.68 Å². The molecule has 0 fully saturated rings. The van der Waals surface area contributed by atoms with Crippen molar-refractivity contribution in [3.63, 3.8) is 0 Å². The number of tetrazole rings is 1. The summed E-state index contributed by atoms with van der Waals surface area (Å²) in [5.74, 6) is 0.856. The van der Waals surface area contributed by atoms with Crippen LogP contribution in [0.2, 0.25) is 0 Å². The lowest BCUT2D eigenvalue weighted by Crippen LogP contribution is -2.21. The number of nitrogens with zero attached hydrogens (tertiary/aromatic N) is 4. The predicted molar refractivity (Wildman–Crippen MR) is 69.5 cm³/mol. The Morgan fingerprint density at radius 1 is 1.44 bits per heavy atom. The van der Waals surface area contributed by atoms with Crippen molar-refractivity contribution in [1.29, 1.82) is 0 Å². The van der Waals surface area contributed by atoms with Gasteiger partial charge in [0.1, 0.15) is 0 Å². The SMILES string of the molecule is COC(Cn1nnnc1SCc1ccsc1)OC. The molecule has 2 heterocycles. The van der Waals surface area contributed by atoms with Gasteiger partial charge in [0.2, 0.25) is 5.16 Å². The van der Waals surface area contributed by atoms with Crippen molar-refractivity contribution < 1.29 is 9.47 Å². The number of rotatable bonds is 7. The predicted octanol–water partition coefficient (Wildman–Crippen LogP) is 1.65. The lowest BCUT2D eigenvalue weighted by Gasteiger charge is -2.13. The Labute approximate surface area is 113 Å². The van der Waals surface area contributed by atoms with Crippen LogP contribution in [0.25, 0.3) is 0 Å². The maximum atomic E-state index is 5.13. The number of thiophene rings is 1. The highest BCUT2D eigenvalue weighted by Crippen LogP contribution is 2.21. The second-order valence-electron chi connectivity index (χ2n) is 3.46. The molecule has 2 aromatic heterocycles. The first kappa shape index (κ1) is 13.5. The summed E-state index contributed by atoms with van der Waals surface area (Å²) in [6.45, 7) is 0.478. The second kappa shape index (κ2) is 6.83. The Kier molecular flexibility index (Phi) is 5.12. The molecule has 2 rings (SSSR count). The van der Waals surface area contributed by atoms with E-state index in [1.807, 2.05) is 0 Å². The van der Waals surface area contributed by atoms with E-state index >= 15 is 0 Å². The van der Waals surface area contributed by atoms with Crippen molar-refractivity contribution in [2.75, 3.05) is 14.2 Å². The van der Waals surface area contributed by atoms with E-state index in [9.17, 15) is 0 Å². The van der Waals surface area contributed by atoms with Crippen LogP contribution in [0, 0.1) is 0 Å². The van der Waals surface area contributed by atoms with E-state index < -0.39 is 0 Å². The second-order valence-corrected chi connectivity index (χ2v) is 5.19. The van der Waals surface area contributed by atoms with Crippen LogP contribution >= 0.6 is 23.1 Å². The van der Waals surface area contributed by atoms with E-state index in [1.165, 1.54) is 5.56 Å². The molecule has 0 saturated heterocycles. The number of hydrogen-bond donors (Lipinski definition) is 0. The minimum Gasteiger partial charge on any atom is -0.354 e. The van der Waals surface area contributed by atoms with Crippen molar-refractivity contribution in [1.82, 2.24) is 20.2 Å². The molecule has 0 saturated carbocycles. The average molecular weight is 286 g/mol. The summed E-state index contributed by atoms with van der Waals surface area (Å²) < 4.78 is 12.0. The lowest BCUT2D eigenvalue weighted by atomic mass is 10.4. The molecule has 0 amide bonds. The number of aromatic nitrogens is 4. The molecule has 0 aliphatic heterocycles. The summed E-state index contributed by atoms with van der Waals surface area (Å²) >= 11 is 3.28. The molecule has 0 aromatic carbocycles. The van der Waals surface area contributed by atoms with E-state index in [0.717, 1.165) is 10.9 Å². The maximum Gasteiger partial charge on any atom is 0.209 e. The fraction of sp³-hybridized carbons (Fsp3) is 0.500. The van der Waals surface area contributed by atoms with Gasteiger partial charge in [0.15, 0.2) is 6.29 Å². The van der Waals surface area contributed by atoms with Gasteiger partial charge in [-0.15, -0.1) is 5.10 Å². The van der Waals surface area contributed by atoms with Crippen molar-refractivity contribution in [2.45, 2.75) is 23.7 Å². The van der Waals surface area contributed by atoms with E-state index in [4.69, 9.17) is 9.47 Å². The molecule has 0 spiro atoms. The van der Waals surface area contributed by atoms with Crippen LogP contribution in [0.3, 0.4) is 0 Å². The van der Waals surface area contributed by atoms with Crippen molar-refractivity contribution in [3.8, 4) is 0 Å². The first-order chi connectivity index (χ1) is 8.83. The van der Waals surface area contributed by atoms with E-state index in [2.05, 4.69) is 32.4 Å². The van der Waals surface area contributed by atoms with Crippen molar-refractivity contribution in [2.24, 2.45) is 0 Å². The highest BCUT2D eigenvalue weighted by Gasteiger charge is 2.12. The third-order valence-corrected chi connectivity index (χ3v) is 4.06. The van der Waals surface area contributed by atoms with Gasteiger partial charge in [0.05, 0.1) is 6.54 Å². The van der Waals surface area contributed by atoms with Crippen LogP contribution in [-0.2, 0) is 21.8 Å². The Morgan fingerprint density at radius 2 is 2.28 bits per heavy atom. The minimum atomic E-state index is -0.339. The van der Waals surface area contributed by atoms with E-state index in [1.54, 1.807) is 42.0 Å². The molecule has 98 valence electrons. The molecular weight excluding hydrogens is 272 g/mol. The zero-order valence-corrected chi connectivity index (χ0v) is 11.8. The maximum absolute atomic E-state index is 5.13. The van der Waals surface area contributed by atoms with Gasteiger partial charge < -0.3 is 9.47 Å². The van der Waals surface area contributed by atoms with Crippen molar-refractivity contribution in [3.05, 3.63) is 22.4 Å². The molecule has 0 bridgehead atoms. The summed E-state index contributed by atoms with van der Waals surface area (Å²) in [4.78, 5) is 0. The summed E-state index contributed by atoms with van der Waals surface area (Å²) in [6.07, 6.45) is -0.339. The van der Waals surface area contributed by atoms with Crippen LogP contribution in [-0.4, -0.2) is 40.7 Å². The third-order valence-electron chi connectivity index (χ3n) is 2.29. The Balaban J connectivity index is 1.94. The Bertz CT molecular complexity index is 456. The third kappa shape index (κ3) is 3.52. The van der Waals surface area contributed by atoms with Gasteiger partial charge in [0, 0.05) is 20.0 Å². The van der Waals surface area contributed by atoms with Crippen LogP contribution in [0.5, 0.6) is 0 Å². The molecule has 0 radical (unpaired) electrons. The van der Waals surface area contributed by atoms with Gasteiger partial charge in [-0.1, -0.05) is 11.8 Å². The molecule has 0 N–H and O–H groups in total. The summed E-state index contributed by atoms with van der Waals surface area (Å²) in [7, 11) is 3.19. The van der Waals surface area contributed by atoms with E-state index in [0.29, 0.717) is 6.54 Å². The molecule has 0 unspecified atom stereocenters. The molecule has 0 aliphatic rings. The number of methoxy groups -OCH3 is 2. The minimum absolute atomic E-state index is 0.339. The average Bonchev–Trinajstić information content (AvgIpc) is 3.04. The van der Waals surface area contributed by atoms with Gasteiger partial charge in [-0.2, -0.15) is 11.3 Å². The van der Waals surface area contributed by atoms with Crippen LogP contribution in [0.4, 0.5) is 0 Å². The van der Waals surface area contributed by atoms with Gasteiger partial charge >= 0.3 is 0 Å². The van der Waals surface area contributed by atoms with Crippen LogP contribution in [0.1, 0.15) is 5.56 Å². The van der Waals surface area contributed by atoms with Gasteiger partial charge in [-0.05, 0) is 32.8 Å². The van der Waals surface area contributed by atoms with Crippen LogP contribution < -0.4 is 0 Å². The van der Waals surface area contributed by atoms with E-state index in [-0.39, 0.29) is 6.29 Å². The Hall–Kier alpha value is -0.960. The zero-order chi connectivity index (χ0) is 12.8. The largest absolute Gasteiger partial charge is 0.354 e. The Morgan fingerprint density at radius 3 is 2.94 bits per heavy atom. The molecule has 8 heteroatoms. The topological polar surface area (TPSA) is 62.1 Å². The normalized spacial score (nSPS) is 11.3. The standard InChI is InChI=1S/C10H14N4O2S2/c1-15-9(16-2)5-14-10(11-12-13-14)18-7-8-3-4-17-6-8/h3-4,6,9H,5,7H2,1-2H3. The quantitative estimate of drug-likeness (QED) is 0.569. The smallest absolute Gasteiger partial charge is 0.209 e. The van der Waals surface area contributed by atoms with Gasteiger partial charge in [-0.3, -0.25) is 0 Å². The molecular formula is C10H14N4O2S2. The summed E-state index contributed by atoms with van der Waals surface area (Å²) in [6, 6.07) is 2.10. The number of ether oxygens (including phenoxy) is 2. The number of hydrogen-bond acceptors (Lipinski definition) is 7. The molecule has 0 atom stereocenters. The highest BCUT2D eigenvalue weighted by molar-refractivity contribution is 7.98.